The van der Waals surface area contributed by atoms with Gasteiger partial charge >= 0.3 is 5.69 Å². The zero-order valence-electron chi connectivity index (χ0n) is 19.9. The van der Waals surface area contributed by atoms with Crippen molar-refractivity contribution in [3.05, 3.63) is 98.8 Å². The van der Waals surface area contributed by atoms with E-state index in [9.17, 15) is 9.59 Å². The second-order valence-corrected chi connectivity index (χ2v) is 8.89. The number of halogens is 1. The highest BCUT2D eigenvalue weighted by Gasteiger charge is 2.29. The molecular formula is C26H29ClN6O2. The summed E-state index contributed by atoms with van der Waals surface area (Å²) < 4.78 is 2.78. The summed E-state index contributed by atoms with van der Waals surface area (Å²) in [5.74, 6) is 0.332. The predicted octanol–water partition coefficient (Wildman–Crippen LogP) is 3.84. The van der Waals surface area contributed by atoms with Crippen LogP contribution in [-0.4, -0.2) is 43.1 Å². The molecule has 9 heteroatoms. The summed E-state index contributed by atoms with van der Waals surface area (Å²) in [7, 11) is 0. The molecule has 0 saturated carbocycles. The fraction of sp³-hybridized carbons (Fsp3) is 0.308. The van der Waals surface area contributed by atoms with Crippen molar-refractivity contribution in [2.75, 3.05) is 13.1 Å². The van der Waals surface area contributed by atoms with Crippen LogP contribution in [-0.2, 0) is 6.54 Å². The molecule has 0 fully saturated rings. The van der Waals surface area contributed by atoms with E-state index in [0.717, 1.165) is 11.1 Å². The number of carbonyl (C=O) groups excluding carboxylic acids is 1. The van der Waals surface area contributed by atoms with Crippen molar-refractivity contribution in [2.45, 2.75) is 39.3 Å². The molecule has 0 unspecified atom stereocenters. The average molecular weight is 493 g/mol. The monoisotopic (exact) mass is 492 g/mol. The van der Waals surface area contributed by atoms with Crippen molar-refractivity contribution >= 4 is 23.2 Å². The standard InChI is InChI=1S/C26H29ClN6O2/c1-3-22(31(15-7-14-28)25(34)20-12-10-18(2)11-13-20)24-30-23-21(27)16-29-33(23)26(35)32(24)17-19-8-5-4-6-9-19/h4-6,8-13,16,22H,3,7,14-15,17,28H2,1-2H3/t22-/m1/s1. The van der Waals surface area contributed by atoms with Gasteiger partial charge in [-0.2, -0.15) is 9.61 Å². The molecule has 1 atom stereocenters. The highest BCUT2D eigenvalue weighted by Crippen LogP contribution is 2.27. The molecule has 8 nitrogen and oxygen atoms in total. The maximum atomic E-state index is 13.7. The summed E-state index contributed by atoms with van der Waals surface area (Å²) >= 11 is 6.32. The Morgan fingerprint density at radius 2 is 1.86 bits per heavy atom. The Balaban J connectivity index is 1.87. The summed E-state index contributed by atoms with van der Waals surface area (Å²) in [6.45, 7) is 5.11. The number of rotatable bonds is 9. The summed E-state index contributed by atoms with van der Waals surface area (Å²) in [5, 5.41) is 4.40. The zero-order chi connectivity index (χ0) is 24.9. The number of aromatic nitrogens is 4. The van der Waals surface area contributed by atoms with Crippen LogP contribution < -0.4 is 11.4 Å². The summed E-state index contributed by atoms with van der Waals surface area (Å²) in [6.07, 6.45) is 2.57. The smallest absolute Gasteiger partial charge is 0.330 e. The van der Waals surface area contributed by atoms with E-state index in [2.05, 4.69) is 5.10 Å². The lowest BCUT2D eigenvalue weighted by molar-refractivity contribution is 0.0655. The third-order valence-corrected chi connectivity index (χ3v) is 6.28. The summed E-state index contributed by atoms with van der Waals surface area (Å²) in [6, 6.07) is 16.7. The van der Waals surface area contributed by atoms with Crippen molar-refractivity contribution in [3.8, 4) is 0 Å². The number of aryl methyl sites for hydroxylation is 1. The minimum atomic E-state index is -0.470. The van der Waals surface area contributed by atoms with Crippen LogP contribution in [0.1, 0.15) is 53.1 Å². The van der Waals surface area contributed by atoms with E-state index in [0.29, 0.717) is 37.3 Å². The van der Waals surface area contributed by atoms with Gasteiger partial charge < -0.3 is 10.6 Å². The van der Waals surface area contributed by atoms with Crippen LogP contribution >= 0.6 is 11.6 Å². The maximum absolute atomic E-state index is 13.7. The van der Waals surface area contributed by atoms with Gasteiger partial charge in [0.25, 0.3) is 5.91 Å². The molecule has 4 rings (SSSR count). The lowest BCUT2D eigenvalue weighted by atomic mass is 10.1. The Morgan fingerprint density at radius 1 is 1.14 bits per heavy atom. The van der Waals surface area contributed by atoms with E-state index in [-0.39, 0.29) is 28.8 Å². The first-order valence-corrected chi connectivity index (χ1v) is 12.1. The van der Waals surface area contributed by atoms with Gasteiger partial charge in [-0.3, -0.25) is 9.36 Å². The van der Waals surface area contributed by atoms with E-state index < -0.39 is 6.04 Å². The van der Waals surface area contributed by atoms with Gasteiger partial charge in [-0.15, -0.1) is 0 Å². The normalized spacial score (nSPS) is 12.1. The predicted molar refractivity (Wildman–Crippen MR) is 137 cm³/mol. The Bertz CT molecular complexity index is 1360. The van der Waals surface area contributed by atoms with Crippen molar-refractivity contribution < 1.29 is 4.79 Å². The number of nitrogens with zero attached hydrogens (tertiary/aromatic N) is 5. The molecule has 0 spiro atoms. The van der Waals surface area contributed by atoms with Gasteiger partial charge in [-0.25, -0.2) is 9.78 Å². The number of hydrogen-bond acceptors (Lipinski definition) is 5. The number of nitrogens with two attached hydrogens (primary N) is 1. The molecule has 2 aromatic heterocycles. The van der Waals surface area contributed by atoms with Gasteiger partial charge in [0.15, 0.2) is 5.65 Å². The molecular weight excluding hydrogens is 464 g/mol. The largest absolute Gasteiger partial charge is 0.352 e. The topological polar surface area (TPSA) is 98.5 Å². The lowest BCUT2D eigenvalue weighted by Gasteiger charge is -2.32. The number of carbonyl (C=O) groups is 1. The Labute approximate surface area is 209 Å². The molecule has 0 saturated heterocycles. The molecule has 0 aliphatic heterocycles. The first-order chi connectivity index (χ1) is 16.9. The van der Waals surface area contributed by atoms with Crippen molar-refractivity contribution in [1.29, 1.82) is 0 Å². The van der Waals surface area contributed by atoms with Gasteiger partial charge in [-0.1, -0.05) is 66.6 Å². The molecule has 0 bridgehead atoms. The van der Waals surface area contributed by atoms with Gasteiger partial charge in [-0.05, 0) is 44.0 Å². The van der Waals surface area contributed by atoms with Crippen LogP contribution in [0.5, 0.6) is 0 Å². The molecule has 4 aromatic rings. The SMILES string of the molecule is CC[C@H](c1nc2c(Cl)cnn2c(=O)n1Cc1ccccc1)N(CCCN)C(=O)c1ccc(C)cc1. The number of benzene rings is 2. The van der Waals surface area contributed by atoms with Crippen LogP contribution in [0.2, 0.25) is 5.02 Å². The fourth-order valence-electron chi connectivity index (χ4n) is 4.18. The van der Waals surface area contributed by atoms with Gasteiger partial charge in [0.1, 0.15) is 10.8 Å². The second-order valence-electron chi connectivity index (χ2n) is 8.48. The van der Waals surface area contributed by atoms with Crippen LogP contribution in [0.4, 0.5) is 0 Å². The molecule has 182 valence electrons. The second kappa shape index (κ2) is 10.8. The maximum Gasteiger partial charge on any atom is 0.352 e. The van der Waals surface area contributed by atoms with Crippen LogP contribution in [0.3, 0.4) is 0 Å². The van der Waals surface area contributed by atoms with E-state index in [1.54, 1.807) is 9.47 Å². The van der Waals surface area contributed by atoms with Gasteiger partial charge in [0, 0.05) is 12.1 Å². The third kappa shape index (κ3) is 5.13. The van der Waals surface area contributed by atoms with Crippen molar-refractivity contribution in [3.63, 3.8) is 0 Å². The number of hydrogen-bond donors (Lipinski definition) is 1. The fourth-order valence-corrected chi connectivity index (χ4v) is 4.34. The molecule has 2 heterocycles. The highest BCUT2D eigenvalue weighted by atomic mass is 35.5. The first-order valence-electron chi connectivity index (χ1n) is 11.7. The minimum Gasteiger partial charge on any atom is -0.330 e. The highest BCUT2D eigenvalue weighted by molar-refractivity contribution is 6.33. The number of amides is 1. The molecule has 0 aliphatic rings. The Kier molecular flexibility index (Phi) is 7.63. The van der Waals surface area contributed by atoms with Gasteiger partial charge in [0.05, 0.1) is 18.8 Å². The molecule has 2 aromatic carbocycles. The lowest BCUT2D eigenvalue weighted by Crippen LogP contribution is -2.41. The average Bonchev–Trinajstić information content (AvgIpc) is 3.25. The minimum absolute atomic E-state index is 0.134. The zero-order valence-corrected chi connectivity index (χ0v) is 20.7. The Hall–Kier alpha value is -3.49. The number of fused-ring (bicyclic) bond motifs is 1. The van der Waals surface area contributed by atoms with Crippen LogP contribution in [0.25, 0.3) is 5.65 Å². The van der Waals surface area contributed by atoms with E-state index in [4.69, 9.17) is 22.3 Å². The Morgan fingerprint density at radius 3 is 2.51 bits per heavy atom. The molecule has 0 aliphatic carbocycles. The van der Waals surface area contributed by atoms with E-state index in [1.807, 2.05) is 68.4 Å². The third-order valence-electron chi connectivity index (χ3n) is 6.02. The quantitative estimate of drug-likeness (QED) is 0.382. The van der Waals surface area contributed by atoms with Crippen LogP contribution in [0.15, 0.2) is 65.6 Å². The molecule has 2 N–H and O–H groups in total. The molecule has 0 radical (unpaired) electrons. The summed E-state index contributed by atoms with van der Waals surface area (Å²) in [5.41, 5.74) is 8.31. The molecule has 35 heavy (non-hydrogen) atoms. The van der Waals surface area contributed by atoms with E-state index >= 15 is 0 Å². The first kappa shape index (κ1) is 24.6. The molecule has 1 amide bonds. The van der Waals surface area contributed by atoms with Crippen molar-refractivity contribution in [2.24, 2.45) is 5.73 Å². The van der Waals surface area contributed by atoms with Gasteiger partial charge in [0.2, 0.25) is 0 Å². The van der Waals surface area contributed by atoms with Crippen LogP contribution in [0, 0.1) is 6.92 Å². The summed E-state index contributed by atoms with van der Waals surface area (Å²) in [4.78, 5) is 33.8. The van der Waals surface area contributed by atoms with E-state index in [1.165, 1.54) is 10.7 Å². The van der Waals surface area contributed by atoms with Crippen molar-refractivity contribution in [1.82, 2.24) is 24.1 Å².